The first-order valence-corrected chi connectivity index (χ1v) is 6.22. The first-order chi connectivity index (χ1) is 8.28. The number of ether oxygens (including phenoxy) is 1. The standard InChI is InChI=1S/C14H17NO2/c1-17-12-6-2-5-11-10(12)4-3-7-14(11)8-9-15-13(14)16/h2,5-6H,3-4,7-9H2,1H3,(H,15,16). The van der Waals surface area contributed by atoms with Crippen LogP contribution in [0.3, 0.4) is 0 Å². The minimum absolute atomic E-state index is 0.201. The quantitative estimate of drug-likeness (QED) is 0.800. The summed E-state index contributed by atoms with van der Waals surface area (Å²) in [6, 6.07) is 6.09. The third kappa shape index (κ3) is 1.38. The van der Waals surface area contributed by atoms with E-state index in [2.05, 4.69) is 11.4 Å². The maximum absolute atomic E-state index is 12.2. The number of methoxy groups -OCH3 is 1. The van der Waals surface area contributed by atoms with Gasteiger partial charge in [-0.15, -0.1) is 0 Å². The zero-order valence-corrected chi connectivity index (χ0v) is 10.1. The van der Waals surface area contributed by atoms with Gasteiger partial charge >= 0.3 is 0 Å². The van der Waals surface area contributed by atoms with Gasteiger partial charge in [0.15, 0.2) is 0 Å². The lowest BCUT2D eigenvalue weighted by molar-refractivity contribution is -0.124. The minimum atomic E-state index is -0.276. The first kappa shape index (κ1) is 10.6. The average molecular weight is 231 g/mol. The Morgan fingerprint density at radius 3 is 2.94 bits per heavy atom. The highest BCUT2D eigenvalue weighted by Gasteiger charge is 2.46. The molecule has 1 fully saturated rings. The molecule has 3 rings (SSSR count). The minimum Gasteiger partial charge on any atom is -0.496 e. The number of carbonyl (C=O) groups is 1. The van der Waals surface area contributed by atoms with E-state index >= 15 is 0 Å². The van der Waals surface area contributed by atoms with Gasteiger partial charge in [0, 0.05) is 6.54 Å². The van der Waals surface area contributed by atoms with E-state index in [0.717, 1.165) is 38.0 Å². The normalized spacial score (nSPS) is 26.8. The van der Waals surface area contributed by atoms with E-state index in [1.807, 2.05) is 12.1 Å². The summed E-state index contributed by atoms with van der Waals surface area (Å²) in [5.74, 6) is 1.13. The third-order valence-electron chi connectivity index (χ3n) is 4.17. The molecular weight excluding hydrogens is 214 g/mol. The van der Waals surface area contributed by atoms with Gasteiger partial charge in [0.05, 0.1) is 12.5 Å². The number of amides is 1. The van der Waals surface area contributed by atoms with Gasteiger partial charge in [-0.2, -0.15) is 0 Å². The second-order valence-corrected chi connectivity index (χ2v) is 4.93. The van der Waals surface area contributed by atoms with Crippen molar-refractivity contribution in [1.82, 2.24) is 5.32 Å². The highest BCUT2D eigenvalue weighted by Crippen LogP contribution is 2.44. The Balaban J connectivity index is 2.17. The topological polar surface area (TPSA) is 38.3 Å². The summed E-state index contributed by atoms with van der Waals surface area (Å²) in [6.07, 6.45) is 3.99. The van der Waals surface area contributed by atoms with Gasteiger partial charge in [-0.3, -0.25) is 4.79 Å². The molecule has 1 atom stereocenters. The molecule has 0 saturated carbocycles. The largest absolute Gasteiger partial charge is 0.496 e. The summed E-state index contributed by atoms with van der Waals surface area (Å²) < 4.78 is 5.42. The second kappa shape index (κ2) is 3.76. The van der Waals surface area contributed by atoms with Gasteiger partial charge in [0.2, 0.25) is 5.91 Å². The summed E-state index contributed by atoms with van der Waals surface area (Å²) >= 11 is 0. The van der Waals surface area contributed by atoms with E-state index in [1.54, 1.807) is 7.11 Å². The summed E-state index contributed by atoms with van der Waals surface area (Å²) in [4.78, 5) is 12.2. The number of nitrogens with one attached hydrogen (secondary N) is 1. The Hall–Kier alpha value is -1.51. The Morgan fingerprint density at radius 2 is 2.24 bits per heavy atom. The number of benzene rings is 1. The lowest BCUT2D eigenvalue weighted by atomic mass is 9.69. The van der Waals surface area contributed by atoms with Crippen LogP contribution < -0.4 is 10.1 Å². The van der Waals surface area contributed by atoms with Gasteiger partial charge < -0.3 is 10.1 Å². The Labute approximate surface area is 101 Å². The van der Waals surface area contributed by atoms with E-state index in [4.69, 9.17) is 4.74 Å². The number of carbonyl (C=O) groups excluding carboxylic acids is 1. The van der Waals surface area contributed by atoms with Gasteiger partial charge in [-0.1, -0.05) is 12.1 Å². The average Bonchev–Trinajstić information content (AvgIpc) is 2.72. The van der Waals surface area contributed by atoms with Crippen LogP contribution in [0.5, 0.6) is 5.75 Å². The monoisotopic (exact) mass is 231 g/mol. The molecule has 0 bridgehead atoms. The summed E-state index contributed by atoms with van der Waals surface area (Å²) in [6.45, 7) is 0.801. The Bertz CT molecular complexity index is 469. The number of hydrogen-bond acceptors (Lipinski definition) is 2. The molecule has 90 valence electrons. The summed E-state index contributed by atoms with van der Waals surface area (Å²) in [5, 5.41) is 2.98. The molecule has 1 aliphatic carbocycles. The van der Waals surface area contributed by atoms with Crippen LogP contribution >= 0.6 is 0 Å². The van der Waals surface area contributed by atoms with Crippen molar-refractivity contribution in [2.75, 3.05) is 13.7 Å². The highest BCUT2D eigenvalue weighted by molar-refractivity contribution is 5.91. The van der Waals surface area contributed by atoms with E-state index in [0.29, 0.717) is 0 Å². The van der Waals surface area contributed by atoms with Gasteiger partial charge in [-0.25, -0.2) is 0 Å². The third-order valence-corrected chi connectivity index (χ3v) is 4.17. The van der Waals surface area contributed by atoms with E-state index in [-0.39, 0.29) is 11.3 Å². The Morgan fingerprint density at radius 1 is 1.35 bits per heavy atom. The van der Waals surface area contributed by atoms with Crippen LogP contribution in [-0.2, 0) is 16.6 Å². The molecule has 1 N–H and O–H groups in total. The number of hydrogen-bond donors (Lipinski definition) is 1. The summed E-state index contributed by atoms with van der Waals surface area (Å²) in [7, 11) is 1.70. The molecule has 1 aliphatic heterocycles. The van der Waals surface area contributed by atoms with E-state index in [1.165, 1.54) is 11.1 Å². The second-order valence-electron chi connectivity index (χ2n) is 4.93. The predicted octanol–water partition coefficient (Wildman–Crippen LogP) is 1.79. The van der Waals surface area contributed by atoms with Crippen molar-refractivity contribution in [3.63, 3.8) is 0 Å². The van der Waals surface area contributed by atoms with Crippen molar-refractivity contribution in [2.45, 2.75) is 31.1 Å². The van der Waals surface area contributed by atoms with Crippen molar-refractivity contribution < 1.29 is 9.53 Å². The van der Waals surface area contributed by atoms with Crippen molar-refractivity contribution >= 4 is 5.91 Å². The highest BCUT2D eigenvalue weighted by atomic mass is 16.5. The smallest absolute Gasteiger partial charge is 0.230 e. The van der Waals surface area contributed by atoms with Crippen LogP contribution in [0.2, 0.25) is 0 Å². The molecule has 1 aromatic rings. The maximum Gasteiger partial charge on any atom is 0.230 e. The fraction of sp³-hybridized carbons (Fsp3) is 0.500. The van der Waals surface area contributed by atoms with E-state index < -0.39 is 0 Å². The molecule has 1 spiro atoms. The fourth-order valence-electron chi connectivity index (χ4n) is 3.33. The molecule has 0 radical (unpaired) electrons. The summed E-state index contributed by atoms with van der Waals surface area (Å²) in [5.41, 5.74) is 2.15. The molecule has 1 saturated heterocycles. The molecular formula is C14H17NO2. The van der Waals surface area contributed by atoms with Crippen LogP contribution in [-0.4, -0.2) is 19.6 Å². The number of rotatable bonds is 1. The molecule has 1 heterocycles. The van der Waals surface area contributed by atoms with Crippen LogP contribution in [0.25, 0.3) is 0 Å². The molecule has 17 heavy (non-hydrogen) atoms. The molecule has 0 aromatic heterocycles. The fourth-order valence-corrected chi connectivity index (χ4v) is 3.33. The lowest BCUT2D eigenvalue weighted by Gasteiger charge is -2.33. The van der Waals surface area contributed by atoms with Crippen LogP contribution in [0.4, 0.5) is 0 Å². The van der Waals surface area contributed by atoms with Crippen molar-refractivity contribution in [3.8, 4) is 5.75 Å². The number of fused-ring (bicyclic) bond motifs is 2. The van der Waals surface area contributed by atoms with Crippen LogP contribution in [0, 0.1) is 0 Å². The molecule has 3 heteroatoms. The first-order valence-electron chi connectivity index (χ1n) is 6.22. The maximum atomic E-state index is 12.2. The van der Waals surface area contributed by atoms with Gasteiger partial charge in [-0.05, 0) is 42.9 Å². The van der Waals surface area contributed by atoms with E-state index in [9.17, 15) is 4.79 Å². The molecule has 1 amide bonds. The SMILES string of the molecule is COc1cccc2c1CCCC21CCNC1=O. The molecule has 3 nitrogen and oxygen atoms in total. The zero-order chi connectivity index (χ0) is 11.9. The molecule has 2 aliphatic rings. The van der Waals surface area contributed by atoms with Gasteiger partial charge in [0.25, 0.3) is 0 Å². The predicted molar refractivity (Wildman–Crippen MR) is 65.2 cm³/mol. The Kier molecular flexibility index (Phi) is 2.35. The van der Waals surface area contributed by atoms with Crippen LogP contribution in [0.15, 0.2) is 18.2 Å². The van der Waals surface area contributed by atoms with Crippen molar-refractivity contribution in [2.24, 2.45) is 0 Å². The lowest BCUT2D eigenvalue weighted by Crippen LogP contribution is -2.38. The zero-order valence-electron chi connectivity index (χ0n) is 10.1. The van der Waals surface area contributed by atoms with Crippen molar-refractivity contribution in [1.29, 1.82) is 0 Å². The van der Waals surface area contributed by atoms with Crippen molar-refractivity contribution in [3.05, 3.63) is 29.3 Å². The molecule has 1 aromatic carbocycles. The van der Waals surface area contributed by atoms with Gasteiger partial charge in [0.1, 0.15) is 5.75 Å². The van der Waals surface area contributed by atoms with Crippen LogP contribution in [0.1, 0.15) is 30.4 Å². The molecule has 1 unspecified atom stereocenters.